The maximum atomic E-state index is 13.8. The monoisotopic (exact) mass is 346 g/mol. The Labute approximate surface area is 125 Å². The van der Waals surface area contributed by atoms with Crippen LogP contribution in [0.15, 0.2) is 16.6 Å². The average molecular weight is 347 g/mol. The molecule has 0 spiro atoms. The third kappa shape index (κ3) is 3.01. The predicted octanol–water partition coefficient (Wildman–Crippen LogP) is 3.59. The van der Waals surface area contributed by atoms with Crippen molar-refractivity contribution in [3.8, 4) is 0 Å². The van der Waals surface area contributed by atoms with E-state index in [2.05, 4.69) is 26.6 Å². The van der Waals surface area contributed by atoms with Crippen molar-refractivity contribution in [3.05, 3.63) is 28.2 Å². The molecule has 0 saturated carbocycles. The lowest BCUT2D eigenvalue weighted by Gasteiger charge is -2.28. The third-order valence-electron chi connectivity index (χ3n) is 3.60. The van der Waals surface area contributed by atoms with E-state index in [9.17, 15) is 13.6 Å². The number of anilines is 1. The van der Waals surface area contributed by atoms with Gasteiger partial charge in [-0.1, -0.05) is 13.3 Å². The summed E-state index contributed by atoms with van der Waals surface area (Å²) in [5.74, 6) is -1.73. The lowest BCUT2D eigenvalue weighted by molar-refractivity contribution is -0.122. The van der Waals surface area contributed by atoms with E-state index in [1.807, 2.05) is 6.92 Å². The fourth-order valence-electron chi connectivity index (χ4n) is 2.65. The summed E-state index contributed by atoms with van der Waals surface area (Å²) in [5, 5.41) is 5.80. The molecular formula is C14H17BrF2N2O. The van der Waals surface area contributed by atoms with Gasteiger partial charge in [0.25, 0.3) is 0 Å². The van der Waals surface area contributed by atoms with E-state index >= 15 is 0 Å². The molecule has 6 heteroatoms. The summed E-state index contributed by atoms with van der Waals surface area (Å²) in [4.78, 5) is 12.5. The lowest BCUT2D eigenvalue weighted by Crippen LogP contribution is -2.50. The molecule has 1 aliphatic rings. The first-order valence-electron chi connectivity index (χ1n) is 6.69. The van der Waals surface area contributed by atoms with Gasteiger partial charge in [0, 0.05) is 10.5 Å². The molecule has 0 radical (unpaired) electrons. The van der Waals surface area contributed by atoms with Crippen LogP contribution in [0.5, 0.6) is 0 Å². The molecule has 1 saturated heterocycles. The van der Waals surface area contributed by atoms with Crippen LogP contribution in [0.1, 0.15) is 32.6 Å². The van der Waals surface area contributed by atoms with Crippen LogP contribution in [0.4, 0.5) is 14.5 Å². The molecule has 2 rings (SSSR count). The van der Waals surface area contributed by atoms with Crippen molar-refractivity contribution in [2.24, 2.45) is 0 Å². The number of benzene rings is 1. The van der Waals surface area contributed by atoms with Gasteiger partial charge in [0.2, 0.25) is 5.91 Å². The van der Waals surface area contributed by atoms with Gasteiger partial charge in [-0.2, -0.15) is 0 Å². The van der Waals surface area contributed by atoms with Gasteiger partial charge < -0.3 is 10.6 Å². The van der Waals surface area contributed by atoms with Crippen LogP contribution in [-0.2, 0) is 4.79 Å². The molecule has 20 heavy (non-hydrogen) atoms. The maximum Gasteiger partial charge on any atom is 0.244 e. The molecule has 1 atom stereocenters. The Morgan fingerprint density at radius 2 is 2.25 bits per heavy atom. The highest BCUT2D eigenvalue weighted by Crippen LogP contribution is 2.31. The second kappa shape index (κ2) is 6.18. The smallest absolute Gasteiger partial charge is 0.244 e. The molecule has 1 heterocycles. The Morgan fingerprint density at radius 1 is 1.50 bits per heavy atom. The number of carbonyl (C=O) groups is 1. The Bertz CT molecular complexity index is 493. The van der Waals surface area contributed by atoms with Crippen LogP contribution >= 0.6 is 15.9 Å². The molecule has 1 aromatic carbocycles. The number of halogens is 3. The summed E-state index contributed by atoms with van der Waals surface area (Å²) >= 11 is 3.08. The van der Waals surface area contributed by atoms with Crippen LogP contribution in [0.3, 0.4) is 0 Å². The molecule has 110 valence electrons. The first-order chi connectivity index (χ1) is 9.48. The largest absolute Gasteiger partial charge is 0.321 e. The van der Waals surface area contributed by atoms with E-state index < -0.39 is 17.2 Å². The van der Waals surface area contributed by atoms with Crippen molar-refractivity contribution in [2.45, 2.75) is 38.1 Å². The minimum absolute atomic E-state index is 0.0134. The van der Waals surface area contributed by atoms with Gasteiger partial charge in [-0.05, 0) is 47.8 Å². The molecule has 0 aliphatic carbocycles. The van der Waals surface area contributed by atoms with E-state index in [1.54, 1.807) is 0 Å². The van der Waals surface area contributed by atoms with Gasteiger partial charge in [0.05, 0.1) is 11.2 Å². The molecule has 1 aromatic rings. The summed E-state index contributed by atoms with van der Waals surface area (Å²) in [6.07, 6.45) is 3.19. The average Bonchev–Trinajstić information content (AvgIpc) is 2.83. The van der Waals surface area contributed by atoms with Crippen molar-refractivity contribution in [2.75, 3.05) is 11.9 Å². The SMILES string of the molecule is CCCC1(C(=O)Nc2c(F)cc(F)cc2Br)CCCN1. The van der Waals surface area contributed by atoms with Crippen LogP contribution in [0.2, 0.25) is 0 Å². The van der Waals surface area contributed by atoms with Crippen molar-refractivity contribution in [1.29, 1.82) is 0 Å². The van der Waals surface area contributed by atoms with Gasteiger partial charge in [-0.25, -0.2) is 8.78 Å². The van der Waals surface area contributed by atoms with E-state index in [0.29, 0.717) is 6.42 Å². The summed E-state index contributed by atoms with van der Waals surface area (Å²) in [6.45, 7) is 2.78. The minimum atomic E-state index is -0.783. The van der Waals surface area contributed by atoms with Gasteiger partial charge in [-0.15, -0.1) is 0 Å². The normalized spacial score (nSPS) is 22.0. The fourth-order valence-corrected chi connectivity index (χ4v) is 3.16. The zero-order valence-electron chi connectivity index (χ0n) is 11.2. The molecule has 0 aromatic heterocycles. The van der Waals surface area contributed by atoms with E-state index in [1.165, 1.54) is 0 Å². The Balaban J connectivity index is 2.23. The number of amides is 1. The highest BCUT2D eigenvalue weighted by atomic mass is 79.9. The van der Waals surface area contributed by atoms with Crippen molar-refractivity contribution >= 4 is 27.5 Å². The molecular weight excluding hydrogens is 330 g/mol. The van der Waals surface area contributed by atoms with Gasteiger partial charge in [-0.3, -0.25) is 4.79 Å². The molecule has 2 N–H and O–H groups in total. The quantitative estimate of drug-likeness (QED) is 0.874. The fraction of sp³-hybridized carbons (Fsp3) is 0.500. The standard InChI is InChI=1S/C14H17BrF2N2O/c1-2-4-14(5-3-6-18-14)13(20)19-12-10(15)7-9(16)8-11(12)17/h7-8,18H,2-6H2,1H3,(H,19,20). The molecule has 1 amide bonds. The highest BCUT2D eigenvalue weighted by Gasteiger charge is 2.40. The van der Waals surface area contributed by atoms with Crippen LogP contribution in [-0.4, -0.2) is 18.0 Å². The lowest BCUT2D eigenvalue weighted by atomic mass is 9.91. The van der Waals surface area contributed by atoms with E-state index in [-0.39, 0.29) is 16.1 Å². The summed E-state index contributed by atoms with van der Waals surface area (Å²) in [5.41, 5.74) is -0.657. The van der Waals surface area contributed by atoms with Crippen LogP contribution in [0, 0.1) is 11.6 Å². The zero-order valence-corrected chi connectivity index (χ0v) is 12.8. The van der Waals surface area contributed by atoms with Crippen LogP contribution in [0.25, 0.3) is 0 Å². The topological polar surface area (TPSA) is 41.1 Å². The Hall–Kier alpha value is -1.01. The number of hydrogen-bond acceptors (Lipinski definition) is 2. The minimum Gasteiger partial charge on any atom is -0.321 e. The predicted molar refractivity (Wildman–Crippen MR) is 77.6 cm³/mol. The Kier molecular flexibility index (Phi) is 4.75. The second-order valence-corrected chi connectivity index (χ2v) is 5.92. The molecule has 1 aliphatic heterocycles. The molecule has 0 bridgehead atoms. The van der Waals surface area contributed by atoms with Gasteiger partial charge >= 0.3 is 0 Å². The van der Waals surface area contributed by atoms with E-state index in [0.717, 1.165) is 37.9 Å². The second-order valence-electron chi connectivity index (χ2n) is 5.06. The number of nitrogens with one attached hydrogen (secondary N) is 2. The third-order valence-corrected chi connectivity index (χ3v) is 4.23. The first-order valence-corrected chi connectivity index (χ1v) is 7.49. The van der Waals surface area contributed by atoms with Crippen LogP contribution < -0.4 is 10.6 Å². The highest BCUT2D eigenvalue weighted by molar-refractivity contribution is 9.10. The summed E-state index contributed by atoms with van der Waals surface area (Å²) < 4.78 is 27.0. The van der Waals surface area contributed by atoms with E-state index in [4.69, 9.17) is 0 Å². The number of carbonyl (C=O) groups excluding carboxylic acids is 1. The number of rotatable bonds is 4. The first kappa shape index (κ1) is 15.4. The number of hydrogen-bond donors (Lipinski definition) is 2. The summed E-state index contributed by atoms with van der Waals surface area (Å²) in [7, 11) is 0. The van der Waals surface area contributed by atoms with Crippen molar-refractivity contribution in [1.82, 2.24) is 5.32 Å². The summed E-state index contributed by atoms with van der Waals surface area (Å²) in [6, 6.07) is 1.89. The molecule has 1 fully saturated rings. The van der Waals surface area contributed by atoms with Crippen molar-refractivity contribution in [3.63, 3.8) is 0 Å². The Morgan fingerprint density at radius 3 is 2.80 bits per heavy atom. The maximum absolute atomic E-state index is 13.8. The molecule has 1 unspecified atom stereocenters. The van der Waals surface area contributed by atoms with Crippen molar-refractivity contribution < 1.29 is 13.6 Å². The molecule has 3 nitrogen and oxygen atoms in total. The van der Waals surface area contributed by atoms with Gasteiger partial charge in [0.1, 0.15) is 5.82 Å². The van der Waals surface area contributed by atoms with Gasteiger partial charge in [0.15, 0.2) is 5.82 Å². The zero-order chi connectivity index (χ0) is 14.8.